The fourth-order valence-electron chi connectivity index (χ4n) is 5.26. The van der Waals surface area contributed by atoms with Gasteiger partial charge in [0.1, 0.15) is 29.2 Å². The molecule has 0 aliphatic carbocycles. The number of ether oxygens (including phenoxy) is 2. The Bertz CT molecular complexity index is 1740. The predicted molar refractivity (Wildman–Crippen MR) is 168 cm³/mol. The van der Waals surface area contributed by atoms with Crippen molar-refractivity contribution in [2.45, 2.75) is 55.3 Å². The van der Waals surface area contributed by atoms with Gasteiger partial charge in [-0.3, -0.25) is 14.5 Å². The number of hydrogen-bond acceptors (Lipinski definition) is 9. The number of unbranched alkanes of at least 4 members (excludes halogenated alkanes) is 1. The molecule has 2 atom stereocenters. The minimum Gasteiger partial charge on any atom is -0.507 e. The van der Waals surface area contributed by atoms with E-state index >= 15 is 0 Å². The number of hydrogen-bond donors (Lipinski definition) is 1. The predicted octanol–water partition coefficient (Wildman–Crippen LogP) is 7.10. The third-order valence-corrected chi connectivity index (χ3v) is 9.56. The Kier molecular flexibility index (Phi) is 8.67. The van der Waals surface area contributed by atoms with E-state index in [1.165, 1.54) is 40.1 Å². The lowest BCUT2D eigenvalue weighted by Gasteiger charge is -2.23. The van der Waals surface area contributed by atoms with Gasteiger partial charge in [0.2, 0.25) is 5.13 Å². The highest BCUT2D eigenvalue weighted by Gasteiger charge is 2.48. The lowest BCUT2D eigenvalue weighted by atomic mass is 9.94. The Hall–Kier alpha value is -4.22. The van der Waals surface area contributed by atoms with Crippen molar-refractivity contribution in [3.05, 3.63) is 100 Å². The van der Waals surface area contributed by atoms with Crippen molar-refractivity contribution >= 4 is 45.7 Å². The summed E-state index contributed by atoms with van der Waals surface area (Å²) in [5.74, 6) is -0.347. The molecular weight excluding hydrogens is 602 g/mol. The van der Waals surface area contributed by atoms with Gasteiger partial charge in [-0.2, -0.15) is 0 Å². The average Bonchev–Trinajstić information content (AvgIpc) is 3.71. The topological polar surface area (TPSA) is 102 Å². The Morgan fingerprint density at radius 3 is 2.75 bits per heavy atom. The maximum Gasteiger partial charge on any atom is 0.301 e. The first kappa shape index (κ1) is 29.8. The number of amides is 1. The Labute approximate surface area is 262 Å². The number of halogens is 1. The molecule has 0 spiro atoms. The summed E-state index contributed by atoms with van der Waals surface area (Å²) in [5.41, 5.74) is 2.80. The lowest BCUT2D eigenvalue weighted by Crippen LogP contribution is -2.29. The van der Waals surface area contributed by atoms with Crippen molar-refractivity contribution in [1.82, 2.24) is 10.2 Å². The molecule has 0 saturated carbocycles. The van der Waals surface area contributed by atoms with E-state index in [0.717, 1.165) is 29.7 Å². The van der Waals surface area contributed by atoms with Crippen LogP contribution in [0.1, 0.15) is 55.0 Å². The molecule has 4 aromatic rings. The maximum atomic E-state index is 13.7. The molecule has 2 aliphatic rings. The zero-order valence-electron chi connectivity index (χ0n) is 24.2. The lowest BCUT2D eigenvalue weighted by molar-refractivity contribution is -0.132. The van der Waals surface area contributed by atoms with E-state index in [1.54, 1.807) is 48.5 Å². The van der Waals surface area contributed by atoms with Gasteiger partial charge in [0.25, 0.3) is 5.78 Å². The van der Waals surface area contributed by atoms with Crippen molar-refractivity contribution in [3.8, 4) is 11.5 Å². The van der Waals surface area contributed by atoms with Crippen molar-refractivity contribution in [2.24, 2.45) is 0 Å². The highest BCUT2D eigenvalue weighted by molar-refractivity contribution is 8.00. The van der Waals surface area contributed by atoms with Crippen molar-refractivity contribution in [2.75, 3.05) is 11.5 Å². The van der Waals surface area contributed by atoms with Crippen LogP contribution in [0.15, 0.2) is 76.6 Å². The van der Waals surface area contributed by atoms with E-state index in [-0.39, 0.29) is 28.4 Å². The molecular formula is C33H30FN3O5S2. The highest BCUT2D eigenvalue weighted by atomic mass is 32.2. The van der Waals surface area contributed by atoms with E-state index in [9.17, 15) is 19.1 Å². The van der Waals surface area contributed by atoms with Crippen molar-refractivity contribution in [1.29, 1.82) is 0 Å². The molecule has 0 bridgehead atoms. The first-order valence-corrected chi connectivity index (χ1v) is 16.2. The van der Waals surface area contributed by atoms with Gasteiger partial charge in [-0.1, -0.05) is 60.7 Å². The van der Waals surface area contributed by atoms with Crippen LogP contribution < -0.4 is 14.4 Å². The number of Topliss-reactive ketones (excluding diaryl/α,β-unsaturated/α-hetero) is 1. The van der Waals surface area contributed by atoms with E-state index in [1.807, 2.05) is 13.0 Å². The Morgan fingerprint density at radius 1 is 1.14 bits per heavy atom. The van der Waals surface area contributed by atoms with Gasteiger partial charge in [-0.05, 0) is 72.5 Å². The van der Waals surface area contributed by atoms with Gasteiger partial charge in [0, 0.05) is 17.7 Å². The van der Waals surface area contributed by atoms with Crippen LogP contribution in [-0.2, 0) is 21.8 Å². The SMILES string of the molecule is CCCCOc1cccc([C@H]2/C(=C(\O)c3ccc4c(c3)C[C@H](C)O4)C(=O)C(=O)N2c2nnc(SCc3ccc(F)cc3)s2)c1. The number of aliphatic hydroxyl groups is 1. The number of aromatic nitrogens is 2. The number of fused-ring (bicyclic) bond motifs is 1. The number of benzene rings is 3. The molecule has 1 amide bonds. The monoisotopic (exact) mass is 631 g/mol. The molecule has 11 heteroatoms. The largest absolute Gasteiger partial charge is 0.507 e. The van der Waals surface area contributed by atoms with E-state index in [2.05, 4.69) is 17.1 Å². The smallest absolute Gasteiger partial charge is 0.301 e. The number of nitrogens with zero attached hydrogens (tertiary/aromatic N) is 3. The number of aliphatic hydroxyl groups excluding tert-OH is 1. The molecule has 6 rings (SSSR count). The number of ketones is 1. The second kappa shape index (κ2) is 12.8. The summed E-state index contributed by atoms with van der Waals surface area (Å²) in [6, 6.07) is 17.7. The minimum absolute atomic E-state index is 0.0101. The normalized spacial score (nSPS) is 18.8. The molecule has 8 nitrogen and oxygen atoms in total. The summed E-state index contributed by atoms with van der Waals surface area (Å²) in [4.78, 5) is 28.6. The average molecular weight is 632 g/mol. The summed E-state index contributed by atoms with van der Waals surface area (Å²) in [7, 11) is 0. The van der Waals surface area contributed by atoms with Crippen LogP contribution in [0.2, 0.25) is 0 Å². The Morgan fingerprint density at radius 2 is 1.95 bits per heavy atom. The molecule has 0 unspecified atom stereocenters. The van der Waals surface area contributed by atoms with Crippen LogP contribution >= 0.6 is 23.1 Å². The standard InChI is InChI=1S/C33H30FN3O5S2/c1-3-4-14-41-25-7-5-6-21(17-25)28-27(29(38)22-10-13-26-23(16-22)15-19(2)42-26)30(39)31(40)37(28)32-35-36-33(44-32)43-18-20-8-11-24(34)12-9-20/h5-13,16-17,19,28,38H,3-4,14-15,18H2,1-2H3/b29-27+/t19-,28-/m0/s1. The third kappa shape index (κ3) is 6.07. The first-order valence-electron chi connectivity index (χ1n) is 14.4. The van der Waals surface area contributed by atoms with Gasteiger partial charge in [0.05, 0.1) is 18.2 Å². The molecule has 226 valence electrons. The van der Waals surface area contributed by atoms with Crippen LogP contribution in [-0.4, -0.2) is 39.7 Å². The zero-order chi connectivity index (χ0) is 30.8. The number of anilines is 1. The fraction of sp³-hybridized carbons (Fsp3) is 0.273. The summed E-state index contributed by atoms with van der Waals surface area (Å²) >= 11 is 2.56. The number of carbonyl (C=O) groups is 2. The summed E-state index contributed by atoms with van der Waals surface area (Å²) in [6.45, 7) is 4.57. The minimum atomic E-state index is -0.962. The highest BCUT2D eigenvalue weighted by Crippen LogP contribution is 2.45. The van der Waals surface area contributed by atoms with E-state index < -0.39 is 17.7 Å². The Balaban J connectivity index is 1.38. The van der Waals surface area contributed by atoms with Crippen molar-refractivity contribution < 1.29 is 28.6 Å². The zero-order valence-corrected chi connectivity index (χ0v) is 25.8. The van der Waals surface area contributed by atoms with Gasteiger partial charge >= 0.3 is 5.91 Å². The van der Waals surface area contributed by atoms with Gasteiger partial charge < -0.3 is 14.6 Å². The van der Waals surface area contributed by atoms with Gasteiger partial charge in [-0.25, -0.2) is 4.39 Å². The summed E-state index contributed by atoms with van der Waals surface area (Å²) in [6.07, 6.45) is 2.54. The van der Waals surface area contributed by atoms with Gasteiger partial charge in [0.15, 0.2) is 4.34 Å². The molecule has 3 heterocycles. The molecule has 1 aromatic heterocycles. The van der Waals surface area contributed by atoms with Crippen LogP contribution in [0.5, 0.6) is 11.5 Å². The molecule has 1 N–H and O–H groups in total. The fourth-order valence-corrected chi connectivity index (χ4v) is 7.09. The second-order valence-corrected chi connectivity index (χ2v) is 12.8. The third-order valence-electron chi connectivity index (χ3n) is 7.43. The van der Waals surface area contributed by atoms with E-state index in [0.29, 0.717) is 40.0 Å². The van der Waals surface area contributed by atoms with Crippen LogP contribution in [0.4, 0.5) is 9.52 Å². The van der Waals surface area contributed by atoms with Gasteiger partial charge in [-0.15, -0.1) is 10.2 Å². The molecule has 2 aliphatic heterocycles. The van der Waals surface area contributed by atoms with Crippen molar-refractivity contribution in [3.63, 3.8) is 0 Å². The quantitative estimate of drug-likeness (QED) is 0.0494. The number of thioether (sulfide) groups is 1. The number of carbonyl (C=O) groups excluding carboxylic acids is 2. The molecule has 1 fully saturated rings. The summed E-state index contributed by atoms with van der Waals surface area (Å²) < 4.78 is 25.6. The molecule has 1 saturated heterocycles. The number of rotatable bonds is 10. The molecule has 3 aromatic carbocycles. The maximum absolute atomic E-state index is 13.7. The van der Waals surface area contributed by atoms with E-state index in [4.69, 9.17) is 9.47 Å². The second-order valence-electron chi connectivity index (χ2n) is 10.7. The molecule has 0 radical (unpaired) electrons. The van der Waals surface area contributed by atoms with Crippen LogP contribution in [0.3, 0.4) is 0 Å². The first-order chi connectivity index (χ1) is 21.3. The summed E-state index contributed by atoms with van der Waals surface area (Å²) in [5, 5.41) is 20.4. The van der Waals surface area contributed by atoms with Crippen LogP contribution in [0.25, 0.3) is 5.76 Å². The molecule has 44 heavy (non-hydrogen) atoms. The van der Waals surface area contributed by atoms with Crippen LogP contribution in [0, 0.1) is 5.82 Å².